The molecule has 0 bridgehead atoms. The maximum atomic E-state index is 11.9. The molecule has 0 spiro atoms. The Bertz CT molecular complexity index is 363. The Kier molecular flexibility index (Phi) is 4.14. The van der Waals surface area contributed by atoms with Crippen LogP contribution in [0, 0.1) is 5.92 Å². The number of nitrogens with two attached hydrogens (primary N) is 1. The van der Waals surface area contributed by atoms with Crippen LogP contribution in [-0.4, -0.2) is 49.1 Å². The molecule has 3 N–H and O–H groups in total. The van der Waals surface area contributed by atoms with Crippen molar-refractivity contribution in [3.8, 4) is 0 Å². The molecule has 0 aromatic rings. The molecule has 0 radical (unpaired) electrons. The monoisotopic (exact) mass is 254 g/mol. The smallest absolute Gasteiger partial charge is 0.322 e. The zero-order valence-corrected chi connectivity index (χ0v) is 10.2. The molecule has 100 valence electrons. The molecule has 0 unspecified atom stereocenters. The van der Waals surface area contributed by atoms with E-state index in [2.05, 4.69) is 10.3 Å². The number of nitrogens with zero attached hydrogens (tertiary/aromatic N) is 2. The zero-order chi connectivity index (χ0) is 13.0. The number of amides is 2. The lowest BCUT2D eigenvalue weighted by atomic mass is 9.99. The summed E-state index contributed by atoms with van der Waals surface area (Å²) in [6, 6.07) is -0.580. The molecule has 7 nitrogen and oxygen atoms in total. The van der Waals surface area contributed by atoms with Crippen molar-refractivity contribution in [2.75, 3.05) is 26.2 Å². The van der Waals surface area contributed by atoms with Crippen LogP contribution < -0.4 is 11.1 Å². The van der Waals surface area contributed by atoms with Gasteiger partial charge in [-0.2, -0.15) is 0 Å². The first-order chi connectivity index (χ1) is 8.68. The summed E-state index contributed by atoms with van der Waals surface area (Å²) in [6.45, 7) is 2.63. The fraction of sp³-hybridized carbons (Fsp3) is 0.727. The number of piperidine rings is 1. The number of hydrogen-bond donors (Lipinski definition) is 2. The van der Waals surface area contributed by atoms with E-state index in [1.807, 2.05) is 0 Å². The summed E-state index contributed by atoms with van der Waals surface area (Å²) >= 11 is 0. The van der Waals surface area contributed by atoms with Crippen LogP contribution in [0.4, 0.5) is 4.79 Å². The highest BCUT2D eigenvalue weighted by Gasteiger charge is 2.28. The number of esters is 1. The van der Waals surface area contributed by atoms with Crippen molar-refractivity contribution in [1.82, 2.24) is 10.2 Å². The molecule has 7 heteroatoms. The van der Waals surface area contributed by atoms with E-state index in [1.54, 1.807) is 0 Å². The highest BCUT2D eigenvalue weighted by molar-refractivity contribution is 5.98. The summed E-state index contributed by atoms with van der Waals surface area (Å²) in [7, 11) is 0. The predicted molar refractivity (Wildman–Crippen MR) is 64.9 cm³/mol. The number of ether oxygens (including phenoxy) is 1. The normalized spacial score (nSPS) is 21.3. The lowest BCUT2D eigenvalue weighted by molar-refractivity contribution is -0.141. The van der Waals surface area contributed by atoms with E-state index >= 15 is 0 Å². The van der Waals surface area contributed by atoms with Crippen molar-refractivity contribution in [2.45, 2.75) is 19.3 Å². The first kappa shape index (κ1) is 12.8. The van der Waals surface area contributed by atoms with Crippen molar-refractivity contribution in [1.29, 1.82) is 0 Å². The fourth-order valence-electron chi connectivity index (χ4n) is 2.11. The molecule has 2 aliphatic heterocycles. The van der Waals surface area contributed by atoms with Crippen molar-refractivity contribution in [2.24, 2.45) is 16.6 Å². The summed E-state index contributed by atoms with van der Waals surface area (Å²) in [5.41, 5.74) is 5.22. The van der Waals surface area contributed by atoms with Crippen LogP contribution in [0.2, 0.25) is 0 Å². The number of urea groups is 1. The quantitative estimate of drug-likeness (QED) is 0.626. The fourth-order valence-corrected chi connectivity index (χ4v) is 2.11. The van der Waals surface area contributed by atoms with Crippen LogP contribution in [0.25, 0.3) is 0 Å². The molecule has 0 aromatic heterocycles. The maximum absolute atomic E-state index is 11.9. The van der Waals surface area contributed by atoms with Gasteiger partial charge in [-0.3, -0.25) is 4.79 Å². The van der Waals surface area contributed by atoms with Gasteiger partial charge in [0.1, 0.15) is 0 Å². The van der Waals surface area contributed by atoms with Crippen LogP contribution in [0.15, 0.2) is 4.99 Å². The molecule has 2 amide bonds. The first-order valence-corrected chi connectivity index (χ1v) is 6.22. The molecule has 1 saturated heterocycles. The Morgan fingerprint density at radius 3 is 2.78 bits per heavy atom. The van der Waals surface area contributed by atoms with Gasteiger partial charge in [0.2, 0.25) is 0 Å². The van der Waals surface area contributed by atoms with E-state index in [0.717, 1.165) is 32.4 Å². The molecular weight excluding hydrogens is 236 g/mol. The Morgan fingerprint density at radius 1 is 1.39 bits per heavy atom. The standard InChI is InChI=1S/C11H18N4O3/c12-10(17)15-7-1-4-14-11(15)18-9(16)8-2-5-13-6-3-8/h8,13H,1-7H2,(H2,12,17). The number of aliphatic imine (C=N–C) groups is 1. The van der Waals surface area contributed by atoms with E-state index in [9.17, 15) is 9.59 Å². The van der Waals surface area contributed by atoms with E-state index in [1.165, 1.54) is 4.90 Å². The maximum Gasteiger partial charge on any atom is 0.322 e. The predicted octanol–water partition coefficient (Wildman–Crippen LogP) is -0.330. The molecule has 2 heterocycles. The summed E-state index contributed by atoms with van der Waals surface area (Å²) in [5.74, 6) is -0.436. The van der Waals surface area contributed by atoms with E-state index in [-0.39, 0.29) is 17.9 Å². The number of primary amides is 1. The van der Waals surface area contributed by atoms with Gasteiger partial charge < -0.3 is 15.8 Å². The molecule has 0 saturated carbocycles. The van der Waals surface area contributed by atoms with Crippen molar-refractivity contribution in [3.63, 3.8) is 0 Å². The van der Waals surface area contributed by atoms with Crippen LogP contribution in [0.5, 0.6) is 0 Å². The Morgan fingerprint density at radius 2 is 2.11 bits per heavy atom. The van der Waals surface area contributed by atoms with E-state index in [0.29, 0.717) is 13.1 Å². The summed E-state index contributed by atoms with van der Waals surface area (Å²) < 4.78 is 5.21. The van der Waals surface area contributed by atoms with Crippen LogP contribution in [-0.2, 0) is 9.53 Å². The van der Waals surface area contributed by atoms with Crippen LogP contribution in [0.1, 0.15) is 19.3 Å². The number of rotatable bonds is 1. The number of hydrogen-bond acceptors (Lipinski definition) is 5. The van der Waals surface area contributed by atoms with Crippen molar-refractivity contribution >= 4 is 18.0 Å². The molecule has 0 atom stereocenters. The van der Waals surface area contributed by atoms with Gasteiger partial charge in [-0.05, 0) is 32.4 Å². The topological polar surface area (TPSA) is 97.0 Å². The average molecular weight is 254 g/mol. The number of carbonyl (C=O) groups excluding carboxylic acids is 2. The second kappa shape index (κ2) is 5.81. The highest BCUT2D eigenvalue weighted by Crippen LogP contribution is 2.15. The van der Waals surface area contributed by atoms with Gasteiger partial charge in [0.05, 0.1) is 5.92 Å². The SMILES string of the molecule is NC(=O)N1CCCN=C1OC(=O)C1CCNCC1. The minimum atomic E-state index is -0.633. The Labute approximate surface area is 105 Å². The number of amidine groups is 1. The molecule has 0 aliphatic carbocycles. The minimum Gasteiger partial charge on any atom is -0.392 e. The van der Waals surface area contributed by atoms with Gasteiger partial charge >= 0.3 is 18.0 Å². The molecule has 2 aliphatic rings. The third kappa shape index (κ3) is 2.98. The number of nitrogens with one attached hydrogen (secondary N) is 1. The third-order valence-corrected chi connectivity index (χ3v) is 3.15. The minimum absolute atomic E-state index is 0.0530. The summed E-state index contributed by atoms with van der Waals surface area (Å²) in [5, 5.41) is 3.18. The van der Waals surface area contributed by atoms with Gasteiger partial charge in [-0.15, -0.1) is 0 Å². The van der Waals surface area contributed by atoms with E-state index in [4.69, 9.17) is 10.5 Å². The second-order valence-electron chi connectivity index (χ2n) is 4.45. The largest absolute Gasteiger partial charge is 0.392 e. The Balaban J connectivity index is 1.96. The first-order valence-electron chi connectivity index (χ1n) is 6.22. The van der Waals surface area contributed by atoms with Gasteiger partial charge in [0, 0.05) is 13.1 Å². The number of carbonyl (C=O) groups is 2. The Hall–Kier alpha value is -1.63. The lowest BCUT2D eigenvalue weighted by Gasteiger charge is -2.26. The summed E-state index contributed by atoms with van der Waals surface area (Å²) in [4.78, 5) is 28.4. The van der Waals surface area contributed by atoms with Crippen LogP contribution in [0.3, 0.4) is 0 Å². The molecule has 1 fully saturated rings. The van der Waals surface area contributed by atoms with Crippen LogP contribution >= 0.6 is 0 Å². The van der Waals surface area contributed by atoms with Crippen molar-refractivity contribution < 1.29 is 14.3 Å². The van der Waals surface area contributed by atoms with Gasteiger partial charge in [-0.25, -0.2) is 14.7 Å². The van der Waals surface area contributed by atoms with Gasteiger partial charge in [0.25, 0.3) is 0 Å². The van der Waals surface area contributed by atoms with Gasteiger partial charge in [0.15, 0.2) is 0 Å². The lowest BCUT2D eigenvalue weighted by Crippen LogP contribution is -2.46. The molecular formula is C11H18N4O3. The van der Waals surface area contributed by atoms with E-state index < -0.39 is 6.03 Å². The van der Waals surface area contributed by atoms with Gasteiger partial charge in [-0.1, -0.05) is 0 Å². The highest BCUT2D eigenvalue weighted by atomic mass is 16.6. The third-order valence-electron chi connectivity index (χ3n) is 3.15. The second-order valence-corrected chi connectivity index (χ2v) is 4.45. The molecule has 0 aromatic carbocycles. The molecule has 18 heavy (non-hydrogen) atoms. The zero-order valence-electron chi connectivity index (χ0n) is 10.2. The molecule has 2 rings (SSSR count). The van der Waals surface area contributed by atoms with Crippen molar-refractivity contribution in [3.05, 3.63) is 0 Å². The average Bonchev–Trinajstić information content (AvgIpc) is 2.40. The summed E-state index contributed by atoms with van der Waals surface area (Å²) in [6.07, 6.45) is 2.24.